The largest absolute Gasteiger partial charge is 0.508 e. The summed E-state index contributed by atoms with van der Waals surface area (Å²) in [4.78, 5) is 13.3. The molecule has 0 aromatic heterocycles. The summed E-state index contributed by atoms with van der Waals surface area (Å²) in [5, 5.41) is 12.2. The molecule has 2 N–H and O–H groups in total. The van der Waals surface area contributed by atoms with Crippen LogP contribution in [0.3, 0.4) is 0 Å². The van der Waals surface area contributed by atoms with E-state index in [2.05, 4.69) is 25.2 Å². The van der Waals surface area contributed by atoms with Gasteiger partial charge in [-0.15, -0.1) is 11.8 Å². The SMILES string of the molecule is CCCCCOc1ccc(C=CC(=O)NCCc2ccc(O)cc2)cc1SCCCCC. The Hall–Kier alpha value is -2.40. The molecule has 0 aliphatic rings. The van der Waals surface area contributed by atoms with Crippen molar-refractivity contribution in [3.05, 3.63) is 59.7 Å². The molecule has 2 aromatic carbocycles. The third-order valence-electron chi connectivity index (χ3n) is 5.06. The van der Waals surface area contributed by atoms with Gasteiger partial charge in [-0.1, -0.05) is 57.7 Å². The maximum Gasteiger partial charge on any atom is 0.244 e. The van der Waals surface area contributed by atoms with Gasteiger partial charge in [0.15, 0.2) is 0 Å². The number of carbonyl (C=O) groups excluding carboxylic acids is 1. The lowest BCUT2D eigenvalue weighted by Crippen LogP contribution is -2.23. The number of unbranched alkanes of at least 4 members (excludes halogenated alkanes) is 4. The molecule has 0 radical (unpaired) electrons. The van der Waals surface area contributed by atoms with Crippen LogP contribution in [0.4, 0.5) is 0 Å². The molecule has 0 saturated heterocycles. The zero-order valence-electron chi connectivity index (χ0n) is 19.4. The van der Waals surface area contributed by atoms with E-state index in [0.29, 0.717) is 6.54 Å². The van der Waals surface area contributed by atoms with Gasteiger partial charge in [-0.25, -0.2) is 0 Å². The lowest BCUT2D eigenvalue weighted by Gasteiger charge is -2.12. The molecular weight excluding hydrogens is 418 g/mol. The number of aromatic hydroxyl groups is 1. The normalized spacial score (nSPS) is 11.1. The Morgan fingerprint density at radius 1 is 1.03 bits per heavy atom. The van der Waals surface area contributed by atoms with E-state index >= 15 is 0 Å². The maximum atomic E-state index is 12.2. The summed E-state index contributed by atoms with van der Waals surface area (Å²) < 4.78 is 6.04. The predicted octanol–water partition coefficient (Wildman–Crippen LogP) is 6.62. The molecule has 174 valence electrons. The number of benzene rings is 2. The van der Waals surface area contributed by atoms with Gasteiger partial charge >= 0.3 is 0 Å². The van der Waals surface area contributed by atoms with Gasteiger partial charge in [-0.3, -0.25) is 4.79 Å². The molecule has 0 fully saturated rings. The standard InChI is InChI=1S/C27H37NO3S/c1-3-5-7-19-31-25-15-11-23(21-26(25)32-20-8-6-4-2)12-16-27(30)28-18-17-22-9-13-24(29)14-10-22/h9-16,21,29H,3-8,17-20H2,1-2H3,(H,28,30). The smallest absolute Gasteiger partial charge is 0.244 e. The molecule has 0 unspecified atom stereocenters. The van der Waals surface area contributed by atoms with E-state index in [-0.39, 0.29) is 11.7 Å². The van der Waals surface area contributed by atoms with Gasteiger partial charge in [-0.05, 0) is 66.5 Å². The number of amides is 1. The summed E-state index contributed by atoms with van der Waals surface area (Å²) in [5.41, 5.74) is 2.07. The average molecular weight is 456 g/mol. The Morgan fingerprint density at radius 2 is 1.78 bits per heavy atom. The van der Waals surface area contributed by atoms with E-state index in [1.165, 1.54) is 32.1 Å². The highest BCUT2D eigenvalue weighted by Gasteiger charge is 2.06. The van der Waals surface area contributed by atoms with Crippen LogP contribution in [0.1, 0.15) is 63.5 Å². The highest BCUT2D eigenvalue weighted by atomic mass is 32.2. The van der Waals surface area contributed by atoms with E-state index in [4.69, 9.17) is 4.74 Å². The Balaban J connectivity index is 1.90. The number of thioether (sulfide) groups is 1. The Morgan fingerprint density at radius 3 is 2.53 bits per heavy atom. The fraction of sp³-hybridized carbons (Fsp3) is 0.444. The lowest BCUT2D eigenvalue weighted by molar-refractivity contribution is -0.116. The molecule has 0 atom stereocenters. The Kier molecular flexibility index (Phi) is 12.5. The first-order valence-corrected chi connectivity index (χ1v) is 12.7. The van der Waals surface area contributed by atoms with Gasteiger partial charge < -0.3 is 15.2 Å². The van der Waals surface area contributed by atoms with Gasteiger partial charge in [-0.2, -0.15) is 0 Å². The summed E-state index contributed by atoms with van der Waals surface area (Å²) in [6.45, 7) is 5.71. The second-order valence-electron chi connectivity index (χ2n) is 7.86. The molecule has 5 heteroatoms. The van der Waals surface area contributed by atoms with Crippen molar-refractivity contribution in [2.45, 2.75) is 63.7 Å². The molecule has 4 nitrogen and oxygen atoms in total. The number of nitrogens with one attached hydrogen (secondary N) is 1. The summed E-state index contributed by atoms with van der Waals surface area (Å²) in [5.74, 6) is 2.16. The molecule has 0 aliphatic carbocycles. The van der Waals surface area contributed by atoms with Crippen molar-refractivity contribution in [2.24, 2.45) is 0 Å². The van der Waals surface area contributed by atoms with E-state index in [0.717, 1.165) is 47.0 Å². The Bertz CT molecular complexity index is 833. The molecule has 0 saturated carbocycles. The van der Waals surface area contributed by atoms with Crippen LogP contribution in [-0.4, -0.2) is 29.9 Å². The number of ether oxygens (including phenoxy) is 1. The van der Waals surface area contributed by atoms with Crippen molar-refractivity contribution in [1.29, 1.82) is 0 Å². The molecular formula is C27H37NO3S. The molecule has 0 heterocycles. The summed E-state index contributed by atoms with van der Waals surface area (Å²) in [6, 6.07) is 13.2. The van der Waals surface area contributed by atoms with Crippen molar-refractivity contribution in [2.75, 3.05) is 18.9 Å². The van der Waals surface area contributed by atoms with Crippen LogP contribution >= 0.6 is 11.8 Å². The van der Waals surface area contributed by atoms with Crippen LogP contribution < -0.4 is 10.1 Å². The number of hydrogen-bond donors (Lipinski definition) is 2. The number of phenolic OH excluding ortho intramolecular Hbond substituents is 1. The number of phenols is 1. The summed E-state index contributed by atoms with van der Waals surface area (Å²) in [7, 11) is 0. The first kappa shape index (κ1) is 25.9. The van der Waals surface area contributed by atoms with Gasteiger partial charge in [0.25, 0.3) is 0 Å². The quantitative estimate of drug-likeness (QED) is 0.180. The molecule has 0 bridgehead atoms. The highest BCUT2D eigenvalue weighted by Crippen LogP contribution is 2.32. The van der Waals surface area contributed by atoms with E-state index in [9.17, 15) is 9.90 Å². The molecule has 0 aliphatic heterocycles. The van der Waals surface area contributed by atoms with E-state index in [1.807, 2.05) is 42.1 Å². The van der Waals surface area contributed by atoms with Crippen molar-refractivity contribution in [1.82, 2.24) is 5.32 Å². The van der Waals surface area contributed by atoms with Gasteiger partial charge in [0, 0.05) is 17.5 Å². The maximum absolute atomic E-state index is 12.2. The Labute approximate surface area is 197 Å². The summed E-state index contributed by atoms with van der Waals surface area (Å²) in [6.07, 6.45) is 11.2. The van der Waals surface area contributed by atoms with Crippen LogP contribution in [-0.2, 0) is 11.2 Å². The average Bonchev–Trinajstić information content (AvgIpc) is 2.80. The minimum Gasteiger partial charge on any atom is -0.508 e. The zero-order valence-corrected chi connectivity index (χ0v) is 20.3. The van der Waals surface area contributed by atoms with Crippen LogP contribution in [0.25, 0.3) is 6.08 Å². The van der Waals surface area contributed by atoms with Crippen molar-refractivity contribution in [3.8, 4) is 11.5 Å². The summed E-state index contributed by atoms with van der Waals surface area (Å²) >= 11 is 1.83. The van der Waals surface area contributed by atoms with Crippen molar-refractivity contribution < 1.29 is 14.6 Å². The topological polar surface area (TPSA) is 58.6 Å². The van der Waals surface area contributed by atoms with Gasteiger partial charge in [0.2, 0.25) is 5.91 Å². The minimum absolute atomic E-state index is 0.110. The lowest BCUT2D eigenvalue weighted by atomic mass is 10.1. The number of hydrogen-bond acceptors (Lipinski definition) is 4. The fourth-order valence-electron chi connectivity index (χ4n) is 3.15. The molecule has 2 rings (SSSR count). The molecule has 0 spiro atoms. The monoisotopic (exact) mass is 455 g/mol. The first-order chi connectivity index (χ1) is 15.6. The third kappa shape index (κ3) is 10.3. The van der Waals surface area contributed by atoms with Gasteiger partial charge in [0.05, 0.1) is 6.61 Å². The van der Waals surface area contributed by atoms with Crippen LogP contribution in [0.15, 0.2) is 53.4 Å². The molecule has 2 aromatic rings. The van der Waals surface area contributed by atoms with E-state index in [1.54, 1.807) is 18.2 Å². The minimum atomic E-state index is -0.110. The molecule has 1 amide bonds. The van der Waals surface area contributed by atoms with Gasteiger partial charge in [0.1, 0.15) is 11.5 Å². The van der Waals surface area contributed by atoms with Crippen molar-refractivity contribution >= 4 is 23.7 Å². The third-order valence-corrected chi connectivity index (χ3v) is 6.18. The fourth-order valence-corrected chi connectivity index (χ4v) is 4.21. The second kappa shape index (κ2) is 15.4. The van der Waals surface area contributed by atoms with E-state index < -0.39 is 0 Å². The number of rotatable bonds is 15. The highest BCUT2D eigenvalue weighted by molar-refractivity contribution is 7.99. The second-order valence-corrected chi connectivity index (χ2v) is 8.99. The van der Waals surface area contributed by atoms with Crippen molar-refractivity contribution in [3.63, 3.8) is 0 Å². The zero-order chi connectivity index (χ0) is 23.0. The predicted molar refractivity (Wildman–Crippen MR) is 136 cm³/mol. The van der Waals surface area contributed by atoms with Crippen LogP contribution in [0.5, 0.6) is 11.5 Å². The van der Waals surface area contributed by atoms with Crippen LogP contribution in [0, 0.1) is 0 Å². The van der Waals surface area contributed by atoms with Crippen LogP contribution in [0.2, 0.25) is 0 Å². The molecule has 32 heavy (non-hydrogen) atoms. The number of carbonyl (C=O) groups is 1. The first-order valence-electron chi connectivity index (χ1n) is 11.8.